The molecule has 0 radical (unpaired) electrons. The number of thioether (sulfide) groups is 1. The van der Waals surface area contributed by atoms with Gasteiger partial charge < -0.3 is 10.1 Å². The van der Waals surface area contributed by atoms with E-state index in [2.05, 4.69) is 15.0 Å². The van der Waals surface area contributed by atoms with Gasteiger partial charge in [0, 0.05) is 12.2 Å². The molecule has 0 spiro atoms. The molecule has 1 amide bonds. The summed E-state index contributed by atoms with van der Waals surface area (Å²) in [6, 6.07) is 8.21. The Labute approximate surface area is 173 Å². The van der Waals surface area contributed by atoms with E-state index in [-0.39, 0.29) is 28.8 Å². The van der Waals surface area contributed by atoms with Crippen molar-refractivity contribution in [3.05, 3.63) is 52.7 Å². The molecule has 0 saturated heterocycles. The average Bonchev–Trinajstić information content (AvgIpc) is 2.66. The number of nitrogens with one attached hydrogen (secondary N) is 1. The zero-order valence-electron chi connectivity index (χ0n) is 15.6. The number of ether oxygens (including phenoxy) is 1. The van der Waals surface area contributed by atoms with Crippen LogP contribution in [0, 0.1) is 18.3 Å². The van der Waals surface area contributed by atoms with Gasteiger partial charge in [0.05, 0.1) is 16.9 Å². The predicted octanol–water partition coefficient (Wildman–Crippen LogP) is 4.33. The number of aromatic nitrogens is 1. The Balaban J connectivity index is 1.89. The maximum atomic E-state index is 13.1. The Kier molecular flexibility index (Phi) is 8.00. The maximum Gasteiger partial charge on any atom is 0.417 e. The van der Waals surface area contributed by atoms with Crippen molar-refractivity contribution in [2.24, 2.45) is 0 Å². The van der Waals surface area contributed by atoms with Crippen LogP contribution in [-0.2, 0) is 17.4 Å². The molecular weight excluding hydrogens is 429 g/mol. The average molecular weight is 445 g/mol. The van der Waals surface area contributed by atoms with E-state index in [0.29, 0.717) is 6.42 Å². The van der Waals surface area contributed by atoms with Crippen molar-refractivity contribution in [3.8, 4) is 11.8 Å². The summed E-state index contributed by atoms with van der Waals surface area (Å²) in [5.41, 5.74) is -0.841. The number of nitrogens with zero attached hydrogens (tertiary/aromatic N) is 2. The number of aryl methyl sites for hydroxylation is 1. The summed E-state index contributed by atoms with van der Waals surface area (Å²) >= 11 is 0.745. The van der Waals surface area contributed by atoms with Crippen LogP contribution >= 0.6 is 11.8 Å². The zero-order chi connectivity index (χ0) is 22.3. The van der Waals surface area contributed by atoms with Gasteiger partial charge in [0.15, 0.2) is 0 Å². The van der Waals surface area contributed by atoms with Crippen molar-refractivity contribution < 1.29 is 31.5 Å². The second-order valence-electron chi connectivity index (χ2n) is 6.01. The van der Waals surface area contributed by atoms with Gasteiger partial charge in [-0.05, 0) is 37.1 Å². The lowest BCUT2D eigenvalue weighted by Gasteiger charge is -2.12. The summed E-state index contributed by atoms with van der Waals surface area (Å²) in [5.74, 6) is -0.645. The van der Waals surface area contributed by atoms with Gasteiger partial charge in [-0.15, -0.1) is 0 Å². The molecule has 160 valence electrons. The third kappa shape index (κ3) is 6.88. The van der Waals surface area contributed by atoms with Crippen LogP contribution < -0.4 is 10.1 Å². The highest BCUT2D eigenvalue weighted by atomic mass is 32.2. The number of hydrogen-bond donors (Lipinski definition) is 1. The number of amides is 1. The molecule has 0 bridgehead atoms. The number of rotatable bonds is 8. The van der Waals surface area contributed by atoms with Gasteiger partial charge in [-0.25, -0.2) is 4.98 Å². The lowest BCUT2D eigenvalue weighted by molar-refractivity contribution is -0.138. The second-order valence-corrected chi connectivity index (χ2v) is 6.98. The summed E-state index contributed by atoms with van der Waals surface area (Å²) in [6.07, 6.45) is -4.29. The van der Waals surface area contributed by atoms with Gasteiger partial charge in [-0.2, -0.15) is 27.2 Å². The van der Waals surface area contributed by atoms with E-state index in [9.17, 15) is 26.7 Å². The predicted molar refractivity (Wildman–Crippen MR) is 99.2 cm³/mol. The Bertz CT molecular complexity index is 927. The smallest absolute Gasteiger partial charge is 0.417 e. The highest BCUT2D eigenvalue weighted by molar-refractivity contribution is 8.00. The van der Waals surface area contributed by atoms with Crippen molar-refractivity contribution in [2.75, 3.05) is 12.3 Å². The molecule has 1 heterocycles. The molecular formula is C19H16F5N3O2S. The van der Waals surface area contributed by atoms with Gasteiger partial charge in [-0.1, -0.05) is 23.9 Å². The Morgan fingerprint density at radius 2 is 1.97 bits per heavy atom. The van der Waals surface area contributed by atoms with Gasteiger partial charge in [-0.3, -0.25) is 4.79 Å². The standard InChI is InChI=1S/C19H16F5N3O2S/c1-11-8-15(19(22,23)24)14(9-25)17(27-11)30-10-16(28)26-7-6-12-2-4-13(5-3-12)29-18(20)21/h2-5,8,18H,6-7,10H2,1H3,(H,26,28). The lowest BCUT2D eigenvalue weighted by Crippen LogP contribution is -2.27. The minimum atomic E-state index is -4.70. The third-order valence-electron chi connectivity index (χ3n) is 3.76. The van der Waals surface area contributed by atoms with Crippen LogP contribution in [-0.4, -0.2) is 29.8 Å². The number of halogens is 5. The van der Waals surface area contributed by atoms with Crippen LogP contribution in [0.4, 0.5) is 22.0 Å². The second kappa shape index (κ2) is 10.2. The molecule has 30 heavy (non-hydrogen) atoms. The van der Waals surface area contributed by atoms with Crippen LogP contribution in [0.3, 0.4) is 0 Å². The zero-order valence-corrected chi connectivity index (χ0v) is 16.4. The lowest BCUT2D eigenvalue weighted by atomic mass is 10.1. The molecule has 0 aliphatic heterocycles. The highest BCUT2D eigenvalue weighted by Crippen LogP contribution is 2.35. The van der Waals surface area contributed by atoms with Crippen LogP contribution in [0.2, 0.25) is 0 Å². The number of nitriles is 1. The quantitative estimate of drug-likeness (QED) is 0.484. The molecule has 0 unspecified atom stereocenters. The van der Waals surface area contributed by atoms with Crippen molar-refractivity contribution in [3.63, 3.8) is 0 Å². The van der Waals surface area contributed by atoms with E-state index in [0.717, 1.165) is 23.4 Å². The minimum Gasteiger partial charge on any atom is -0.435 e. The van der Waals surface area contributed by atoms with Crippen molar-refractivity contribution >= 4 is 17.7 Å². The monoisotopic (exact) mass is 445 g/mol. The summed E-state index contributed by atoms with van der Waals surface area (Å²) in [7, 11) is 0. The maximum absolute atomic E-state index is 13.1. The normalized spacial score (nSPS) is 11.3. The van der Waals surface area contributed by atoms with E-state index in [1.54, 1.807) is 12.1 Å². The van der Waals surface area contributed by atoms with E-state index in [4.69, 9.17) is 5.26 Å². The Morgan fingerprint density at radius 1 is 1.30 bits per heavy atom. The van der Waals surface area contributed by atoms with Crippen LogP contribution in [0.5, 0.6) is 5.75 Å². The topological polar surface area (TPSA) is 75.0 Å². The molecule has 0 fully saturated rings. The van der Waals surface area contributed by atoms with Gasteiger partial charge in [0.2, 0.25) is 5.91 Å². The molecule has 0 atom stereocenters. The third-order valence-corrected chi connectivity index (χ3v) is 4.73. The fraction of sp³-hybridized carbons (Fsp3) is 0.316. The molecule has 11 heteroatoms. The van der Waals surface area contributed by atoms with Crippen molar-refractivity contribution in [2.45, 2.75) is 31.2 Å². The van der Waals surface area contributed by atoms with Gasteiger partial charge in [0.25, 0.3) is 0 Å². The molecule has 1 aromatic heterocycles. The van der Waals surface area contributed by atoms with Gasteiger partial charge in [0.1, 0.15) is 16.8 Å². The Morgan fingerprint density at radius 3 is 2.53 bits per heavy atom. The first-order valence-electron chi connectivity index (χ1n) is 8.52. The van der Waals surface area contributed by atoms with E-state index in [1.165, 1.54) is 25.1 Å². The van der Waals surface area contributed by atoms with Crippen molar-refractivity contribution in [1.82, 2.24) is 10.3 Å². The number of carbonyl (C=O) groups is 1. The molecule has 1 N–H and O–H groups in total. The van der Waals surface area contributed by atoms with E-state index in [1.807, 2.05) is 0 Å². The first-order chi connectivity index (χ1) is 14.1. The highest BCUT2D eigenvalue weighted by Gasteiger charge is 2.35. The molecule has 2 aromatic rings. The number of benzene rings is 1. The first kappa shape index (κ1) is 23.4. The molecule has 0 saturated carbocycles. The first-order valence-corrected chi connectivity index (χ1v) is 9.51. The van der Waals surface area contributed by atoms with Gasteiger partial charge >= 0.3 is 12.8 Å². The van der Waals surface area contributed by atoms with E-state index >= 15 is 0 Å². The number of hydrogen-bond acceptors (Lipinski definition) is 5. The number of pyridine rings is 1. The van der Waals surface area contributed by atoms with Crippen LogP contribution in [0.1, 0.15) is 22.4 Å². The fourth-order valence-corrected chi connectivity index (χ4v) is 3.33. The summed E-state index contributed by atoms with van der Waals surface area (Å²) in [4.78, 5) is 15.9. The van der Waals surface area contributed by atoms with Crippen molar-refractivity contribution in [1.29, 1.82) is 5.26 Å². The molecule has 0 aliphatic rings. The Hall–Kier alpha value is -2.87. The number of alkyl halides is 5. The molecule has 1 aromatic carbocycles. The molecule has 0 aliphatic carbocycles. The largest absolute Gasteiger partial charge is 0.435 e. The molecule has 2 rings (SSSR count). The van der Waals surface area contributed by atoms with Crippen LogP contribution in [0.15, 0.2) is 35.4 Å². The summed E-state index contributed by atoms with van der Waals surface area (Å²) in [5, 5.41) is 11.5. The SMILES string of the molecule is Cc1cc(C(F)(F)F)c(C#N)c(SCC(=O)NCCc2ccc(OC(F)F)cc2)n1. The summed E-state index contributed by atoms with van der Waals surface area (Å²) in [6.45, 7) is -1.31. The number of carbonyl (C=O) groups excluding carboxylic acids is 1. The summed E-state index contributed by atoms with van der Waals surface area (Å²) < 4.78 is 67.7. The molecule has 5 nitrogen and oxygen atoms in total. The minimum absolute atomic E-state index is 0.0198. The van der Waals surface area contributed by atoms with E-state index < -0.39 is 29.8 Å². The van der Waals surface area contributed by atoms with Crippen LogP contribution in [0.25, 0.3) is 0 Å². The fourth-order valence-electron chi connectivity index (χ4n) is 2.45.